The number of benzene rings is 2. The molecule has 3 aromatic rings. The first-order chi connectivity index (χ1) is 11.4. The van der Waals surface area contributed by atoms with E-state index >= 15 is 0 Å². The van der Waals surface area contributed by atoms with Crippen molar-refractivity contribution in [2.75, 3.05) is 5.32 Å². The van der Waals surface area contributed by atoms with Crippen LogP contribution in [0.1, 0.15) is 31.9 Å². The normalized spacial score (nSPS) is 11.5. The minimum absolute atomic E-state index is 0.175. The molecule has 0 aliphatic heterocycles. The number of H-pyrrole nitrogens is 1. The second-order valence-electron chi connectivity index (χ2n) is 6.93. The van der Waals surface area contributed by atoms with Gasteiger partial charge in [-0.05, 0) is 47.0 Å². The molecular weight excluding hydrogens is 316 g/mol. The average Bonchev–Trinajstić information content (AvgIpc) is 3.00. The van der Waals surface area contributed by atoms with E-state index in [1.54, 1.807) is 6.20 Å². The molecule has 0 spiro atoms. The van der Waals surface area contributed by atoms with Crippen LogP contribution in [-0.2, 0) is 12.0 Å². The Morgan fingerprint density at radius 1 is 1.12 bits per heavy atom. The van der Waals surface area contributed by atoms with Gasteiger partial charge >= 0.3 is 0 Å². The molecule has 4 nitrogen and oxygen atoms in total. The Bertz CT molecular complexity index is 844. The lowest BCUT2D eigenvalue weighted by molar-refractivity contribution is 0.590. The summed E-state index contributed by atoms with van der Waals surface area (Å²) < 4.78 is 0. The molecule has 0 radical (unpaired) electrons. The predicted octanol–water partition coefficient (Wildman–Crippen LogP) is 4.35. The Morgan fingerprint density at radius 3 is 2.58 bits per heavy atom. The van der Waals surface area contributed by atoms with E-state index in [4.69, 9.17) is 12.2 Å². The van der Waals surface area contributed by atoms with E-state index in [1.807, 2.05) is 18.2 Å². The van der Waals surface area contributed by atoms with Crippen LogP contribution in [0.15, 0.2) is 48.7 Å². The molecule has 3 N–H and O–H groups in total. The van der Waals surface area contributed by atoms with Crippen LogP contribution in [0.2, 0.25) is 0 Å². The number of thiocarbonyl (C=S) groups is 1. The van der Waals surface area contributed by atoms with Gasteiger partial charge in [-0.25, -0.2) is 0 Å². The molecule has 0 atom stereocenters. The lowest BCUT2D eigenvalue weighted by Gasteiger charge is -2.19. The van der Waals surface area contributed by atoms with Crippen molar-refractivity contribution in [3.63, 3.8) is 0 Å². The second kappa shape index (κ2) is 6.61. The Labute approximate surface area is 147 Å². The van der Waals surface area contributed by atoms with E-state index in [0.717, 1.165) is 16.6 Å². The minimum atomic E-state index is 0.175. The average molecular weight is 338 g/mol. The molecule has 5 heteroatoms. The molecule has 0 aliphatic carbocycles. The Hall–Kier alpha value is -2.40. The summed E-state index contributed by atoms with van der Waals surface area (Å²) >= 11 is 5.38. The largest absolute Gasteiger partial charge is 0.358 e. The molecule has 124 valence electrons. The fourth-order valence-corrected chi connectivity index (χ4v) is 2.69. The zero-order valence-electron chi connectivity index (χ0n) is 14.2. The highest BCUT2D eigenvalue weighted by Crippen LogP contribution is 2.22. The molecule has 24 heavy (non-hydrogen) atoms. The summed E-state index contributed by atoms with van der Waals surface area (Å²) in [6.07, 6.45) is 1.80. The first-order valence-corrected chi connectivity index (χ1v) is 8.40. The summed E-state index contributed by atoms with van der Waals surface area (Å²) in [5.41, 5.74) is 4.68. The highest BCUT2D eigenvalue weighted by molar-refractivity contribution is 7.80. The number of anilines is 1. The monoisotopic (exact) mass is 338 g/mol. The van der Waals surface area contributed by atoms with Crippen LogP contribution in [0.4, 0.5) is 5.69 Å². The molecule has 0 saturated carbocycles. The van der Waals surface area contributed by atoms with Gasteiger partial charge in [0.15, 0.2) is 5.11 Å². The summed E-state index contributed by atoms with van der Waals surface area (Å²) in [4.78, 5) is 0. The van der Waals surface area contributed by atoms with Crippen molar-refractivity contribution in [3.05, 3.63) is 59.8 Å². The number of nitrogens with one attached hydrogen (secondary N) is 3. The third-order valence-electron chi connectivity index (χ3n) is 3.97. The van der Waals surface area contributed by atoms with Gasteiger partial charge in [-0.3, -0.25) is 5.10 Å². The second-order valence-corrected chi connectivity index (χ2v) is 7.33. The zero-order valence-corrected chi connectivity index (χ0v) is 15.0. The van der Waals surface area contributed by atoms with E-state index in [2.05, 4.69) is 65.9 Å². The minimum Gasteiger partial charge on any atom is -0.358 e. The maximum atomic E-state index is 5.38. The van der Waals surface area contributed by atoms with Crippen LogP contribution >= 0.6 is 12.2 Å². The van der Waals surface area contributed by atoms with Crippen molar-refractivity contribution in [3.8, 4) is 0 Å². The molecule has 0 saturated heterocycles. The molecule has 0 unspecified atom stereocenters. The molecule has 0 fully saturated rings. The van der Waals surface area contributed by atoms with E-state index < -0.39 is 0 Å². The van der Waals surface area contributed by atoms with Crippen LogP contribution in [-0.4, -0.2) is 15.3 Å². The Morgan fingerprint density at radius 2 is 1.88 bits per heavy atom. The van der Waals surface area contributed by atoms with Gasteiger partial charge in [-0.1, -0.05) is 45.0 Å². The van der Waals surface area contributed by atoms with Gasteiger partial charge in [-0.15, -0.1) is 0 Å². The van der Waals surface area contributed by atoms with E-state index in [9.17, 15) is 0 Å². The summed E-state index contributed by atoms with van der Waals surface area (Å²) in [5, 5.41) is 15.1. The molecule has 3 rings (SSSR count). The Kier molecular flexibility index (Phi) is 4.53. The van der Waals surface area contributed by atoms with Gasteiger partial charge in [-0.2, -0.15) is 5.10 Å². The van der Waals surface area contributed by atoms with Crippen LogP contribution in [0.5, 0.6) is 0 Å². The third-order valence-corrected chi connectivity index (χ3v) is 4.22. The molecule has 0 bridgehead atoms. The van der Waals surface area contributed by atoms with Crippen LogP contribution < -0.4 is 10.6 Å². The lowest BCUT2D eigenvalue weighted by Crippen LogP contribution is -2.27. The Balaban J connectivity index is 1.57. The first-order valence-electron chi connectivity index (χ1n) is 7.99. The van der Waals surface area contributed by atoms with Crippen LogP contribution in [0.25, 0.3) is 10.9 Å². The molecule has 2 aromatic carbocycles. The fraction of sp³-hybridized carbons (Fsp3) is 0.263. The number of nitrogens with zero attached hydrogens (tertiary/aromatic N) is 1. The van der Waals surface area contributed by atoms with Gasteiger partial charge in [0.05, 0.1) is 11.7 Å². The van der Waals surface area contributed by atoms with Crippen molar-refractivity contribution in [2.45, 2.75) is 32.7 Å². The number of hydrogen-bond donors (Lipinski definition) is 3. The predicted molar refractivity (Wildman–Crippen MR) is 104 cm³/mol. The quantitative estimate of drug-likeness (QED) is 0.622. The highest BCUT2D eigenvalue weighted by atomic mass is 32.1. The molecule has 1 heterocycles. The van der Waals surface area contributed by atoms with E-state index in [0.29, 0.717) is 11.7 Å². The third kappa shape index (κ3) is 3.92. The van der Waals surface area contributed by atoms with E-state index in [1.165, 1.54) is 11.1 Å². The maximum absolute atomic E-state index is 5.38. The maximum Gasteiger partial charge on any atom is 0.171 e. The number of aromatic amines is 1. The number of rotatable bonds is 3. The molecule has 0 amide bonds. The lowest BCUT2D eigenvalue weighted by atomic mass is 9.87. The highest BCUT2D eigenvalue weighted by Gasteiger charge is 2.12. The number of fused-ring (bicyclic) bond motifs is 1. The van der Waals surface area contributed by atoms with Crippen molar-refractivity contribution in [2.24, 2.45) is 0 Å². The summed E-state index contributed by atoms with van der Waals surface area (Å²) in [6, 6.07) is 14.6. The van der Waals surface area contributed by atoms with Gasteiger partial charge in [0.2, 0.25) is 0 Å². The summed E-state index contributed by atoms with van der Waals surface area (Å²) in [7, 11) is 0. The number of hydrogen-bond acceptors (Lipinski definition) is 2. The topological polar surface area (TPSA) is 52.7 Å². The first kappa shape index (κ1) is 16.5. The van der Waals surface area contributed by atoms with Crippen LogP contribution in [0, 0.1) is 0 Å². The zero-order chi connectivity index (χ0) is 17.2. The molecular formula is C19H22N4S. The van der Waals surface area contributed by atoms with Crippen molar-refractivity contribution in [1.82, 2.24) is 15.5 Å². The SMILES string of the molecule is CC(C)(C)c1ccc(CNC(=S)Nc2ccc3[nH]ncc3c2)cc1. The van der Waals surface area contributed by atoms with Crippen molar-refractivity contribution >= 4 is 33.9 Å². The number of aromatic nitrogens is 2. The molecule has 1 aromatic heterocycles. The summed E-state index contributed by atoms with van der Waals surface area (Å²) in [6.45, 7) is 7.35. The van der Waals surface area contributed by atoms with Crippen molar-refractivity contribution < 1.29 is 0 Å². The summed E-state index contributed by atoms with van der Waals surface area (Å²) in [5.74, 6) is 0. The van der Waals surface area contributed by atoms with Gasteiger partial charge < -0.3 is 10.6 Å². The molecule has 0 aliphatic rings. The van der Waals surface area contributed by atoms with Crippen molar-refractivity contribution in [1.29, 1.82) is 0 Å². The van der Waals surface area contributed by atoms with Crippen LogP contribution in [0.3, 0.4) is 0 Å². The van der Waals surface area contributed by atoms with Gasteiger partial charge in [0.25, 0.3) is 0 Å². The van der Waals surface area contributed by atoms with Gasteiger partial charge in [0.1, 0.15) is 0 Å². The van der Waals surface area contributed by atoms with E-state index in [-0.39, 0.29) is 5.41 Å². The van der Waals surface area contributed by atoms with Gasteiger partial charge in [0, 0.05) is 17.6 Å². The smallest absolute Gasteiger partial charge is 0.171 e. The fourth-order valence-electron chi connectivity index (χ4n) is 2.50. The standard InChI is InChI=1S/C19H22N4S/c1-19(2,3)15-6-4-13(5-7-15)11-20-18(24)22-16-8-9-17-14(10-16)12-21-23-17/h4-10,12H,11H2,1-3H3,(H,21,23)(H2,20,22,24).